The first-order valence-electron chi connectivity index (χ1n) is 9.05. The average molecular weight is 385 g/mol. The van der Waals surface area contributed by atoms with Crippen LogP contribution >= 0.6 is 11.6 Å². The van der Waals surface area contributed by atoms with E-state index in [1.165, 1.54) is 0 Å². The Morgan fingerprint density at radius 3 is 2.60 bits per heavy atom. The third-order valence-corrected chi connectivity index (χ3v) is 10.4. The van der Waals surface area contributed by atoms with Crippen LogP contribution in [0.5, 0.6) is 0 Å². The predicted molar refractivity (Wildman–Crippen MR) is 110 cm³/mol. The SMILES string of the molecule is CC1CN(CCO[Si](C)(C)C(C)(C)C)CCN1c1cc(N)c(Cl)cn1. The number of rotatable bonds is 5. The van der Waals surface area contributed by atoms with E-state index >= 15 is 0 Å². The van der Waals surface area contributed by atoms with E-state index in [4.69, 9.17) is 21.8 Å². The van der Waals surface area contributed by atoms with Gasteiger partial charge in [0.05, 0.1) is 10.7 Å². The maximum Gasteiger partial charge on any atom is 0.192 e. The number of halogens is 1. The second-order valence-corrected chi connectivity index (χ2v) is 13.7. The molecule has 1 aromatic heterocycles. The summed E-state index contributed by atoms with van der Waals surface area (Å²) in [4.78, 5) is 9.22. The van der Waals surface area contributed by atoms with Crippen LogP contribution in [0.25, 0.3) is 0 Å². The Kier molecular flexibility index (Phi) is 6.41. The highest BCUT2D eigenvalue weighted by molar-refractivity contribution is 6.74. The molecule has 0 saturated carbocycles. The number of hydrogen-bond acceptors (Lipinski definition) is 5. The third kappa shape index (κ3) is 5.09. The Balaban J connectivity index is 1.86. The summed E-state index contributed by atoms with van der Waals surface area (Å²) in [6.07, 6.45) is 1.64. The molecule has 1 atom stereocenters. The Bertz CT molecular complexity index is 591. The summed E-state index contributed by atoms with van der Waals surface area (Å²) in [6, 6.07) is 2.25. The molecule has 0 bridgehead atoms. The van der Waals surface area contributed by atoms with Gasteiger partial charge in [-0.25, -0.2) is 4.98 Å². The number of pyridine rings is 1. The van der Waals surface area contributed by atoms with E-state index in [-0.39, 0.29) is 5.04 Å². The summed E-state index contributed by atoms with van der Waals surface area (Å²) in [6.45, 7) is 18.5. The van der Waals surface area contributed by atoms with Crippen molar-refractivity contribution in [1.82, 2.24) is 9.88 Å². The largest absolute Gasteiger partial charge is 0.416 e. The number of piperazine rings is 1. The maximum absolute atomic E-state index is 6.31. The number of nitrogens with zero attached hydrogens (tertiary/aromatic N) is 3. The van der Waals surface area contributed by atoms with Crippen LogP contribution in [-0.4, -0.2) is 57.0 Å². The molecule has 2 rings (SSSR count). The van der Waals surface area contributed by atoms with Crippen LogP contribution in [0.1, 0.15) is 27.7 Å². The Hall–Kier alpha value is -0.823. The van der Waals surface area contributed by atoms with Crippen LogP contribution in [0.2, 0.25) is 23.2 Å². The molecule has 1 saturated heterocycles. The number of hydrogen-bond donors (Lipinski definition) is 1. The Morgan fingerprint density at radius 1 is 1.36 bits per heavy atom. The van der Waals surface area contributed by atoms with Gasteiger partial charge in [0.2, 0.25) is 0 Å². The van der Waals surface area contributed by atoms with Crippen LogP contribution in [0.15, 0.2) is 12.3 Å². The Labute approximate surface area is 158 Å². The topological polar surface area (TPSA) is 54.6 Å². The molecule has 1 aromatic rings. The standard InChI is InChI=1S/C18H33ClN4OSi/c1-14-13-22(9-10-24-25(5,6)18(2,3)4)7-8-23(14)17-11-16(20)15(19)12-21-17/h11-12,14H,7-10,13H2,1-6H3,(H2,20,21). The van der Waals surface area contributed by atoms with Crippen molar-refractivity contribution in [2.75, 3.05) is 43.4 Å². The van der Waals surface area contributed by atoms with Gasteiger partial charge in [-0.1, -0.05) is 32.4 Å². The quantitative estimate of drug-likeness (QED) is 0.781. The lowest BCUT2D eigenvalue weighted by molar-refractivity contribution is 0.176. The second-order valence-electron chi connectivity index (χ2n) is 8.52. The van der Waals surface area contributed by atoms with E-state index in [1.54, 1.807) is 6.20 Å². The summed E-state index contributed by atoms with van der Waals surface area (Å²) >= 11 is 5.98. The molecule has 0 aromatic carbocycles. The zero-order chi connectivity index (χ0) is 18.8. The van der Waals surface area contributed by atoms with Crippen molar-refractivity contribution in [3.63, 3.8) is 0 Å². The highest BCUT2D eigenvalue weighted by Gasteiger charge is 2.37. The van der Waals surface area contributed by atoms with Crippen LogP contribution in [0.3, 0.4) is 0 Å². The van der Waals surface area contributed by atoms with Gasteiger partial charge < -0.3 is 15.1 Å². The molecule has 1 fully saturated rings. The zero-order valence-corrected chi connectivity index (χ0v) is 18.2. The lowest BCUT2D eigenvalue weighted by Gasteiger charge is -2.41. The molecule has 1 unspecified atom stereocenters. The van der Waals surface area contributed by atoms with Gasteiger partial charge >= 0.3 is 0 Å². The molecular weight excluding hydrogens is 352 g/mol. The lowest BCUT2D eigenvalue weighted by atomic mass is 10.2. The molecule has 1 aliphatic heterocycles. The molecule has 142 valence electrons. The van der Waals surface area contributed by atoms with Crippen LogP contribution in [-0.2, 0) is 4.43 Å². The van der Waals surface area contributed by atoms with Crippen molar-refractivity contribution in [2.24, 2.45) is 0 Å². The fourth-order valence-electron chi connectivity index (χ4n) is 2.82. The van der Waals surface area contributed by atoms with Crippen molar-refractivity contribution in [3.05, 3.63) is 17.3 Å². The summed E-state index contributed by atoms with van der Waals surface area (Å²) in [5.41, 5.74) is 6.51. The van der Waals surface area contributed by atoms with Gasteiger partial charge in [0.15, 0.2) is 8.32 Å². The first-order chi connectivity index (χ1) is 11.5. The summed E-state index contributed by atoms with van der Waals surface area (Å²) in [5.74, 6) is 0.909. The molecule has 0 aliphatic carbocycles. The highest BCUT2D eigenvalue weighted by Crippen LogP contribution is 2.36. The van der Waals surface area contributed by atoms with Crippen molar-refractivity contribution >= 4 is 31.4 Å². The van der Waals surface area contributed by atoms with E-state index in [0.717, 1.165) is 38.6 Å². The fraction of sp³-hybridized carbons (Fsp3) is 0.722. The zero-order valence-electron chi connectivity index (χ0n) is 16.5. The highest BCUT2D eigenvalue weighted by atomic mass is 35.5. The van der Waals surface area contributed by atoms with Gasteiger partial charge in [-0.2, -0.15) is 0 Å². The minimum absolute atomic E-state index is 0.263. The molecule has 2 N–H and O–H groups in total. The molecule has 2 heterocycles. The molecule has 25 heavy (non-hydrogen) atoms. The normalized spacial score (nSPS) is 20.1. The van der Waals surface area contributed by atoms with Crippen LogP contribution in [0.4, 0.5) is 11.5 Å². The molecule has 0 amide bonds. The minimum Gasteiger partial charge on any atom is -0.416 e. The van der Waals surface area contributed by atoms with E-state index in [9.17, 15) is 0 Å². The minimum atomic E-state index is -1.66. The third-order valence-electron chi connectivity index (χ3n) is 5.55. The van der Waals surface area contributed by atoms with E-state index < -0.39 is 8.32 Å². The number of nitrogens with two attached hydrogens (primary N) is 1. The van der Waals surface area contributed by atoms with Crippen molar-refractivity contribution < 1.29 is 4.43 Å². The number of anilines is 2. The summed E-state index contributed by atoms with van der Waals surface area (Å²) in [5, 5.41) is 0.775. The molecule has 0 spiro atoms. The van der Waals surface area contributed by atoms with Gasteiger partial charge in [0.25, 0.3) is 0 Å². The average Bonchev–Trinajstić information content (AvgIpc) is 2.49. The molecule has 1 aliphatic rings. The lowest BCUT2D eigenvalue weighted by Crippen LogP contribution is -2.53. The van der Waals surface area contributed by atoms with Crippen LogP contribution < -0.4 is 10.6 Å². The first kappa shape index (κ1) is 20.5. The van der Waals surface area contributed by atoms with E-state index in [0.29, 0.717) is 16.8 Å². The summed E-state index contributed by atoms with van der Waals surface area (Å²) in [7, 11) is -1.66. The molecule has 0 radical (unpaired) electrons. The van der Waals surface area contributed by atoms with Crippen molar-refractivity contribution in [2.45, 2.75) is 51.9 Å². The first-order valence-corrected chi connectivity index (χ1v) is 12.3. The van der Waals surface area contributed by atoms with Crippen molar-refractivity contribution in [3.8, 4) is 0 Å². The molecule has 5 nitrogen and oxygen atoms in total. The van der Waals surface area contributed by atoms with Gasteiger partial charge in [0.1, 0.15) is 5.82 Å². The summed E-state index contributed by atoms with van der Waals surface area (Å²) < 4.78 is 6.31. The van der Waals surface area contributed by atoms with E-state index in [2.05, 4.69) is 55.6 Å². The fourth-order valence-corrected chi connectivity index (χ4v) is 3.96. The van der Waals surface area contributed by atoms with Gasteiger partial charge in [0, 0.05) is 51.1 Å². The van der Waals surface area contributed by atoms with Crippen LogP contribution in [0, 0.1) is 0 Å². The van der Waals surface area contributed by atoms with Gasteiger partial charge in [-0.15, -0.1) is 0 Å². The predicted octanol–water partition coefficient (Wildman–Crippen LogP) is 3.85. The maximum atomic E-state index is 6.31. The monoisotopic (exact) mass is 384 g/mol. The van der Waals surface area contributed by atoms with Gasteiger partial charge in [-0.3, -0.25) is 4.90 Å². The number of aromatic nitrogens is 1. The van der Waals surface area contributed by atoms with Crippen molar-refractivity contribution in [1.29, 1.82) is 0 Å². The second kappa shape index (κ2) is 7.82. The van der Waals surface area contributed by atoms with Gasteiger partial charge in [-0.05, 0) is 25.1 Å². The molecule has 7 heteroatoms. The smallest absolute Gasteiger partial charge is 0.192 e. The molecular formula is C18H33ClN4OSi. The Morgan fingerprint density at radius 2 is 2.04 bits per heavy atom. The number of nitrogen functional groups attached to an aromatic ring is 1. The van der Waals surface area contributed by atoms with E-state index in [1.807, 2.05) is 6.07 Å².